The first-order chi connectivity index (χ1) is 13.9. The van der Waals surface area contributed by atoms with Crippen LogP contribution in [0, 0.1) is 0 Å². The summed E-state index contributed by atoms with van der Waals surface area (Å²) in [5.74, 6) is 0. The Morgan fingerprint density at radius 3 is 0.600 bits per heavy atom. The number of nitrogens with zero attached hydrogens (tertiary/aromatic N) is 4. The average molecular weight is 399 g/mol. The molecule has 0 unspecified atom stereocenters. The highest BCUT2D eigenvalue weighted by Crippen LogP contribution is 2.17. The Labute approximate surface area is 177 Å². The van der Waals surface area contributed by atoms with E-state index in [1.165, 1.54) is 0 Å². The summed E-state index contributed by atoms with van der Waals surface area (Å²) >= 11 is 0. The van der Waals surface area contributed by atoms with Gasteiger partial charge in [0.1, 0.15) is 0 Å². The maximum atomic E-state index is 4.10. The molecule has 0 spiro atoms. The van der Waals surface area contributed by atoms with E-state index in [1.807, 2.05) is 121 Å². The Kier molecular flexibility index (Phi) is 11.3. The Bertz CT molecular complexity index is 821. The topological polar surface area (TPSA) is 119 Å². The first-order valence-electron chi connectivity index (χ1n) is 8.94. The van der Waals surface area contributed by atoms with E-state index in [9.17, 15) is 0 Å². The van der Waals surface area contributed by atoms with Gasteiger partial charge in [-0.3, -0.25) is 0 Å². The van der Waals surface area contributed by atoms with Crippen molar-refractivity contribution in [2.75, 3.05) is 0 Å². The van der Waals surface area contributed by atoms with Crippen LogP contribution < -0.4 is 12.3 Å². The fraction of sp³-hybridized carbons (Fsp3) is 0. The van der Waals surface area contributed by atoms with Gasteiger partial charge in [0.15, 0.2) is 0 Å². The van der Waals surface area contributed by atoms with E-state index in [2.05, 4.69) is 20.5 Å². The molecule has 0 saturated heterocycles. The van der Waals surface area contributed by atoms with Crippen LogP contribution in [0.2, 0.25) is 0 Å². The summed E-state index contributed by atoms with van der Waals surface area (Å²) in [5.41, 5.74) is 3.49. The Balaban J connectivity index is 0.000000281. The first-order valence-corrected chi connectivity index (χ1v) is 8.94. The zero-order valence-corrected chi connectivity index (χ0v) is 16.8. The molecule has 0 saturated carbocycles. The standard InChI is InChI=1S/2C12H10N2.2H3N/c2*1-3-7-11(8-4-1)13-14-12-9-5-2-6-10-12;;/h2*1-10H;2*1H3/b2*14-13+;;. The number of rotatable bonds is 4. The van der Waals surface area contributed by atoms with Crippen molar-refractivity contribution in [3.63, 3.8) is 0 Å². The van der Waals surface area contributed by atoms with Crippen LogP contribution in [0.1, 0.15) is 0 Å². The largest absolute Gasteiger partial charge is 0.344 e. The lowest BCUT2D eigenvalue weighted by Crippen LogP contribution is -1.62. The molecule has 6 heteroatoms. The molecule has 6 nitrogen and oxygen atoms in total. The molecule has 0 aliphatic rings. The fourth-order valence-electron chi connectivity index (χ4n) is 2.21. The molecule has 0 radical (unpaired) electrons. The molecular formula is C24H26N6. The second kappa shape index (κ2) is 14.1. The van der Waals surface area contributed by atoms with Gasteiger partial charge in [-0.25, -0.2) is 0 Å². The Hall–Kier alpha value is -4.00. The van der Waals surface area contributed by atoms with Crippen LogP contribution in [-0.4, -0.2) is 0 Å². The van der Waals surface area contributed by atoms with Crippen LogP contribution in [0.15, 0.2) is 142 Å². The predicted octanol–water partition coefficient (Wildman–Crippen LogP) is 8.53. The van der Waals surface area contributed by atoms with Gasteiger partial charge in [0.05, 0.1) is 22.7 Å². The minimum atomic E-state index is 0. The third-order valence-corrected chi connectivity index (χ3v) is 3.59. The van der Waals surface area contributed by atoms with Gasteiger partial charge < -0.3 is 12.3 Å². The van der Waals surface area contributed by atoms with E-state index in [4.69, 9.17) is 0 Å². The molecule has 0 fully saturated rings. The number of hydrogen-bond acceptors (Lipinski definition) is 6. The molecule has 4 rings (SSSR count). The van der Waals surface area contributed by atoms with Gasteiger partial charge in [-0.1, -0.05) is 72.8 Å². The quantitative estimate of drug-likeness (QED) is 0.335. The molecule has 4 aromatic carbocycles. The van der Waals surface area contributed by atoms with Crippen molar-refractivity contribution < 1.29 is 0 Å². The van der Waals surface area contributed by atoms with Gasteiger partial charge in [-0.2, -0.15) is 20.5 Å². The third kappa shape index (κ3) is 8.79. The van der Waals surface area contributed by atoms with Gasteiger partial charge in [-0.15, -0.1) is 0 Å². The maximum Gasteiger partial charge on any atom is 0.0857 e. The van der Waals surface area contributed by atoms with E-state index in [1.54, 1.807) is 0 Å². The lowest BCUT2D eigenvalue weighted by molar-refractivity contribution is 1.23. The number of hydrogen-bond donors (Lipinski definition) is 2. The van der Waals surface area contributed by atoms with Crippen molar-refractivity contribution in [1.82, 2.24) is 12.3 Å². The molecule has 0 amide bonds. The van der Waals surface area contributed by atoms with Crippen LogP contribution in [-0.2, 0) is 0 Å². The van der Waals surface area contributed by atoms with Crippen molar-refractivity contribution in [2.24, 2.45) is 20.5 Å². The number of benzene rings is 4. The van der Waals surface area contributed by atoms with Crippen molar-refractivity contribution >= 4 is 22.7 Å². The monoisotopic (exact) mass is 398 g/mol. The van der Waals surface area contributed by atoms with Crippen molar-refractivity contribution in [2.45, 2.75) is 0 Å². The molecule has 4 aromatic rings. The smallest absolute Gasteiger partial charge is 0.0857 e. The molecule has 6 N–H and O–H groups in total. The normalized spacial score (nSPS) is 9.87. The van der Waals surface area contributed by atoms with Gasteiger partial charge in [0.2, 0.25) is 0 Å². The first kappa shape index (κ1) is 24.0. The summed E-state index contributed by atoms with van der Waals surface area (Å²) in [5, 5.41) is 16.4. The number of azo groups is 2. The Morgan fingerprint density at radius 2 is 0.433 bits per heavy atom. The summed E-state index contributed by atoms with van der Waals surface area (Å²) in [6.45, 7) is 0. The summed E-state index contributed by atoms with van der Waals surface area (Å²) in [6, 6.07) is 38.8. The second-order valence-corrected chi connectivity index (χ2v) is 5.74. The maximum absolute atomic E-state index is 4.10. The van der Waals surface area contributed by atoms with E-state index in [0.717, 1.165) is 22.7 Å². The minimum Gasteiger partial charge on any atom is -0.344 e. The summed E-state index contributed by atoms with van der Waals surface area (Å²) in [4.78, 5) is 0. The van der Waals surface area contributed by atoms with Crippen LogP contribution in [0.4, 0.5) is 22.7 Å². The van der Waals surface area contributed by atoms with Crippen molar-refractivity contribution in [1.29, 1.82) is 0 Å². The average Bonchev–Trinajstić information content (AvgIpc) is 2.80. The zero-order chi connectivity index (χ0) is 19.3. The highest BCUT2D eigenvalue weighted by atomic mass is 15.1. The van der Waals surface area contributed by atoms with Gasteiger partial charge in [0, 0.05) is 0 Å². The van der Waals surface area contributed by atoms with E-state index < -0.39 is 0 Å². The van der Waals surface area contributed by atoms with E-state index in [-0.39, 0.29) is 12.3 Å². The lowest BCUT2D eigenvalue weighted by Gasteiger charge is -1.91. The second-order valence-electron chi connectivity index (χ2n) is 5.74. The Morgan fingerprint density at radius 1 is 0.267 bits per heavy atom. The van der Waals surface area contributed by atoms with E-state index in [0.29, 0.717) is 0 Å². The zero-order valence-electron chi connectivity index (χ0n) is 16.8. The van der Waals surface area contributed by atoms with Crippen molar-refractivity contribution in [3.8, 4) is 0 Å². The fourth-order valence-corrected chi connectivity index (χ4v) is 2.21. The van der Waals surface area contributed by atoms with Crippen LogP contribution in [0.5, 0.6) is 0 Å². The molecular weight excluding hydrogens is 372 g/mol. The molecule has 0 bridgehead atoms. The molecule has 0 aliphatic carbocycles. The van der Waals surface area contributed by atoms with Crippen LogP contribution >= 0.6 is 0 Å². The molecule has 0 heterocycles. The summed E-state index contributed by atoms with van der Waals surface area (Å²) < 4.78 is 0. The molecule has 0 aliphatic heterocycles. The van der Waals surface area contributed by atoms with Gasteiger partial charge in [0.25, 0.3) is 0 Å². The predicted molar refractivity (Wildman–Crippen MR) is 124 cm³/mol. The molecule has 0 aromatic heterocycles. The molecule has 152 valence electrons. The molecule has 0 atom stereocenters. The van der Waals surface area contributed by atoms with Gasteiger partial charge >= 0.3 is 0 Å². The molecule has 30 heavy (non-hydrogen) atoms. The summed E-state index contributed by atoms with van der Waals surface area (Å²) in [6.07, 6.45) is 0. The van der Waals surface area contributed by atoms with Gasteiger partial charge in [-0.05, 0) is 48.5 Å². The third-order valence-electron chi connectivity index (χ3n) is 3.59. The van der Waals surface area contributed by atoms with E-state index >= 15 is 0 Å². The van der Waals surface area contributed by atoms with Crippen molar-refractivity contribution in [3.05, 3.63) is 121 Å². The van der Waals surface area contributed by atoms with Crippen LogP contribution in [0.25, 0.3) is 0 Å². The SMILES string of the molecule is N.N.c1ccc(/N=N/c2ccccc2)cc1.c1ccc(/N=N/c2ccccc2)cc1. The minimum absolute atomic E-state index is 0. The highest BCUT2D eigenvalue weighted by Gasteiger charge is 1.87. The van der Waals surface area contributed by atoms with Crippen LogP contribution in [0.3, 0.4) is 0 Å². The lowest BCUT2D eigenvalue weighted by atomic mass is 10.3. The highest BCUT2D eigenvalue weighted by molar-refractivity contribution is 5.40. The summed E-state index contributed by atoms with van der Waals surface area (Å²) in [7, 11) is 0.